The molecule has 21 heavy (non-hydrogen) atoms. The van der Waals surface area contributed by atoms with E-state index in [-0.39, 0.29) is 0 Å². The van der Waals surface area contributed by atoms with E-state index in [1.54, 1.807) is 11.8 Å². The van der Waals surface area contributed by atoms with Gasteiger partial charge in [-0.3, -0.25) is 0 Å². The fourth-order valence-electron chi connectivity index (χ4n) is 1.35. The summed E-state index contributed by atoms with van der Waals surface area (Å²) >= 11 is 7.39. The van der Waals surface area contributed by atoms with E-state index in [1.165, 1.54) is 11.9 Å². The molecule has 2 aromatic rings. The quantitative estimate of drug-likeness (QED) is 0.794. The summed E-state index contributed by atoms with van der Waals surface area (Å²) in [6, 6.07) is 7.73. The van der Waals surface area contributed by atoms with Crippen molar-refractivity contribution >= 4 is 29.3 Å². The molecule has 1 heterocycles. The van der Waals surface area contributed by atoms with Gasteiger partial charge in [0.15, 0.2) is 5.16 Å². The second-order valence-corrected chi connectivity index (χ2v) is 5.10. The molecule has 0 unspecified atom stereocenters. The maximum atomic E-state index is 5.84. The fourth-order valence-corrected chi connectivity index (χ4v) is 2.24. The van der Waals surface area contributed by atoms with Crippen molar-refractivity contribution in [3.63, 3.8) is 0 Å². The van der Waals surface area contributed by atoms with Gasteiger partial charge in [-0.1, -0.05) is 49.3 Å². The third kappa shape index (κ3) is 6.75. The molecule has 0 bridgehead atoms. The molecule has 0 saturated heterocycles. The predicted molar refractivity (Wildman–Crippen MR) is 89.7 cm³/mol. The lowest BCUT2D eigenvalue weighted by Gasteiger charge is -2.04. The molecule has 3 N–H and O–H groups in total. The first-order valence-corrected chi connectivity index (χ1v) is 8.14. The van der Waals surface area contributed by atoms with Gasteiger partial charge in [0.1, 0.15) is 6.33 Å². The number of thioether (sulfide) groups is 1. The first-order chi connectivity index (χ1) is 10.3. The Hall–Kier alpha value is -1.37. The zero-order valence-corrected chi connectivity index (χ0v) is 13.8. The molecule has 0 spiro atoms. The highest BCUT2D eigenvalue weighted by Gasteiger charge is 2.02. The number of hydrogen-bond acceptors (Lipinski definition) is 6. The van der Waals surface area contributed by atoms with E-state index < -0.39 is 0 Å². The molecule has 0 aliphatic rings. The number of hydrogen-bond donors (Lipinski definition) is 2. The van der Waals surface area contributed by atoms with E-state index in [0.717, 1.165) is 10.8 Å². The summed E-state index contributed by atoms with van der Waals surface area (Å²) in [6.45, 7) is 5.18. The molecule has 1 aromatic carbocycles. The monoisotopic (exact) mass is 325 g/mol. The number of anilines is 1. The molecule has 114 valence electrons. The molecule has 0 saturated carbocycles. The Morgan fingerprint density at radius 1 is 1.19 bits per heavy atom. The molecular formula is C14H20ClN5S. The number of nitrogens with zero attached hydrogens (tertiary/aromatic N) is 3. The van der Waals surface area contributed by atoms with Crippen LogP contribution in [0.2, 0.25) is 5.02 Å². The van der Waals surface area contributed by atoms with Crippen molar-refractivity contribution < 1.29 is 0 Å². The van der Waals surface area contributed by atoms with Gasteiger partial charge in [-0.2, -0.15) is 4.98 Å². The second kappa shape index (κ2) is 10.4. The number of halogens is 1. The highest BCUT2D eigenvalue weighted by Crippen LogP contribution is 2.20. The zero-order valence-electron chi connectivity index (χ0n) is 12.2. The molecule has 0 amide bonds. The smallest absolute Gasteiger partial charge is 0.226 e. The van der Waals surface area contributed by atoms with Gasteiger partial charge < -0.3 is 11.1 Å². The minimum Gasteiger partial charge on any atom is -0.353 e. The third-order valence-corrected chi connectivity index (χ3v) is 3.44. The first-order valence-electron chi connectivity index (χ1n) is 6.78. The summed E-state index contributed by atoms with van der Waals surface area (Å²) < 4.78 is 0. The normalized spacial score (nSPS) is 9.71. The van der Waals surface area contributed by atoms with Crippen LogP contribution in [-0.2, 0) is 5.75 Å². The van der Waals surface area contributed by atoms with Gasteiger partial charge in [0.25, 0.3) is 0 Å². The van der Waals surface area contributed by atoms with Crippen molar-refractivity contribution in [1.29, 1.82) is 0 Å². The largest absolute Gasteiger partial charge is 0.353 e. The van der Waals surface area contributed by atoms with Crippen LogP contribution >= 0.6 is 23.4 Å². The van der Waals surface area contributed by atoms with Crippen LogP contribution in [-0.4, -0.2) is 28.0 Å². The summed E-state index contributed by atoms with van der Waals surface area (Å²) in [5.41, 5.74) is 6.58. The van der Waals surface area contributed by atoms with E-state index in [1.807, 2.05) is 38.1 Å². The number of nitrogens with one attached hydrogen (secondary N) is 1. The lowest BCUT2D eigenvalue weighted by atomic mass is 10.2. The van der Waals surface area contributed by atoms with E-state index in [4.69, 9.17) is 17.3 Å². The molecule has 7 heteroatoms. The average Bonchev–Trinajstić information content (AvgIpc) is 2.55. The second-order valence-electron chi connectivity index (χ2n) is 3.72. The Bertz CT molecular complexity index is 521. The van der Waals surface area contributed by atoms with Crippen LogP contribution in [0.1, 0.15) is 19.4 Å². The van der Waals surface area contributed by atoms with Crippen LogP contribution in [0.3, 0.4) is 0 Å². The molecule has 0 radical (unpaired) electrons. The summed E-state index contributed by atoms with van der Waals surface area (Å²) in [5, 5.41) is 4.45. The van der Waals surface area contributed by atoms with Crippen LogP contribution in [0.5, 0.6) is 0 Å². The first kappa shape index (κ1) is 17.7. The molecule has 5 nitrogen and oxygen atoms in total. The topological polar surface area (TPSA) is 76.7 Å². The Morgan fingerprint density at radius 2 is 1.90 bits per heavy atom. The van der Waals surface area contributed by atoms with Crippen molar-refractivity contribution in [3.05, 3.63) is 41.2 Å². The predicted octanol–water partition coefficient (Wildman–Crippen LogP) is 3.21. The maximum absolute atomic E-state index is 5.84. The Kier molecular flexibility index (Phi) is 8.73. The Morgan fingerprint density at radius 3 is 2.57 bits per heavy atom. The van der Waals surface area contributed by atoms with Gasteiger partial charge in [-0.15, -0.1) is 0 Å². The van der Waals surface area contributed by atoms with Gasteiger partial charge in [-0.25, -0.2) is 9.97 Å². The average molecular weight is 326 g/mol. The van der Waals surface area contributed by atoms with Crippen molar-refractivity contribution in [2.24, 2.45) is 5.73 Å². The summed E-state index contributed by atoms with van der Waals surface area (Å²) in [5.74, 6) is 1.34. The highest BCUT2D eigenvalue weighted by molar-refractivity contribution is 7.98. The minimum absolute atomic E-state index is 0.541. The van der Waals surface area contributed by atoms with Gasteiger partial charge >= 0.3 is 0 Å². The zero-order chi connectivity index (χ0) is 15.5. The van der Waals surface area contributed by atoms with E-state index in [2.05, 4.69) is 20.3 Å². The molecule has 0 atom stereocenters. The Labute approximate surface area is 134 Å². The third-order valence-electron chi connectivity index (χ3n) is 2.26. The van der Waals surface area contributed by atoms with Crippen LogP contribution in [0.15, 0.2) is 35.7 Å². The number of nitrogens with two attached hydrogens (primary N) is 1. The summed E-state index contributed by atoms with van der Waals surface area (Å²) in [7, 11) is 0. The highest BCUT2D eigenvalue weighted by atomic mass is 35.5. The van der Waals surface area contributed by atoms with Crippen molar-refractivity contribution in [2.45, 2.75) is 24.8 Å². The molecule has 0 fully saturated rings. The van der Waals surface area contributed by atoms with Crippen molar-refractivity contribution in [1.82, 2.24) is 15.0 Å². The van der Waals surface area contributed by atoms with E-state index in [0.29, 0.717) is 24.2 Å². The number of rotatable bonds is 6. The lowest BCUT2D eigenvalue weighted by molar-refractivity contribution is 0.886. The van der Waals surface area contributed by atoms with Gasteiger partial charge in [0.2, 0.25) is 5.95 Å². The van der Waals surface area contributed by atoms with Gasteiger partial charge in [0.05, 0.1) is 0 Å². The molecular weight excluding hydrogens is 306 g/mol. The van der Waals surface area contributed by atoms with Gasteiger partial charge in [0, 0.05) is 23.9 Å². The van der Waals surface area contributed by atoms with Crippen molar-refractivity contribution in [2.75, 3.05) is 18.4 Å². The lowest BCUT2D eigenvalue weighted by Crippen LogP contribution is -2.15. The Balaban J connectivity index is 0.00000106. The molecule has 0 aliphatic carbocycles. The molecule has 1 aromatic heterocycles. The fraction of sp³-hybridized carbons (Fsp3) is 0.357. The van der Waals surface area contributed by atoms with E-state index >= 15 is 0 Å². The van der Waals surface area contributed by atoms with Crippen LogP contribution < -0.4 is 11.1 Å². The van der Waals surface area contributed by atoms with Crippen LogP contribution in [0.25, 0.3) is 0 Å². The van der Waals surface area contributed by atoms with Crippen LogP contribution in [0.4, 0.5) is 5.95 Å². The molecule has 0 aliphatic heterocycles. The van der Waals surface area contributed by atoms with Crippen LogP contribution in [0, 0.1) is 0 Å². The standard InChI is InChI=1S/C12H14ClN5S.C2H6/c13-10-3-1-9(2-4-10)7-19-12-17-8-16-11(18-12)15-6-5-14;1-2/h1-4,8H,5-7,14H2,(H,15,16,17,18);1-2H3. The summed E-state index contributed by atoms with van der Waals surface area (Å²) in [6.07, 6.45) is 1.50. The summed E-state index contributed by atoms with van der Waals surface area (Å²) in [4.78, 5) is 12.4. The SMILES string of the molecule is CC.NCCNc1ncnc(SCc2ccc(Cl)cc2)n1. The number of aromatic nitrogens is 3. The minimum atomic E-state index is 0.541. The van der Waals surface area contributed by atoms with E-state index in [9.17, 15) is 0 Å². The van der Waals surface area contributed by atoms with Gasteiger partial charge in [-0.05, 0) is 17.7 Å². The van der Waals surface area contributed by atoms with Crippen molar-refractivity contribution in [3.8, 4) is 0 Å². The maximum Gasteiger partial charge on any atom is 0.226 e. The number of benzene rings is 1. The molecule has 2 rings (SSSR count).